The number of phenols is 1. The SMILES string of the molecule is [O-][n+]1cc(-c2ccccc2O)nc2ccccc21. The van der Waals surface area contributed by atoms with Crippen LogP contribution < -0.4 is 4.73 Å². The van der Waals surface area contributed by atoms with Crippen LogP contribution in [-0.2, 0) is 0 Å². The van der Waals surface area contributed by atoms with Crippen molar-refractivity contribution in [3.05, 3.63) is 59.9 Å². The number of hydrogen-bond donors (Lipinski definition) is 1. The Bertz CT molecular complexity index is 726. The molecule has 0 fully saturated rings. The molecular formula is C14H10N2O2. The van der Waals surface area contributed by atoms with E-state index in [2.05, 4.69) is 4.98 Å². The molecule has 0 spiro atoms. The first-order valence-corrected chi connectivity index (χ1v) is 5.53. The van der Waals surface area contributed by atoms with Crippen LogP contribution in [0, 0.1) is 5.21 Å². The Morgan fingerprint density at radius 1 is 1.00 bits per heavy atom. The third-order valence-corrected chi connectivity index (χ3v) is 2.78. The lowest BCUT2D eigenvalue weighted by Gasteiger charge is -2.06. The van der Waals surface area contributed by atoms with E-state index in [9.17, 15) is 10.3 Å². The number of para-hydroxylation sites is 3. The van der Waals surface area contributed by atoms with Gasteiger partial charge in [0.05, 0.1) is 0 Å². The Hall–Kier alpha value is -2.62. The van der Waals surface area contributed by atoms with Crippen molar-refractivity contribution in [2.75, 3.05) is 0 Å². The van der Waals surface area contributed by atoms with Crippen LogP contribution in [0.3, 0.4) is 0 Å². The second kappa shape index (κ2) is 4.00. The summed E-state index contributed by atoms with van der Waals surface area (Å²) < 4.78 is 0.768. The monoisotopic (exact) mass is 238 g/mol. The quantitative estimate of drug-likeness (QED) is 0.522. The van der Waals surface area contributed by atoms with E-state index in [4.69, 9.17) is 0 Å². The average Bonchev–Trinajstić information content (AvgIpc) is 2.39. The van der Waals surface area contributed by atoms with Crippen molar-refractivity contribution in [1.29, 1.82) is 0 Å². The first kappa shape index (κ1) is 10.5. The molecule has 1 aromatic heterocycles. The topological polar surface area (TPSA) is 60.1 Å². The van der Waals surface area contributed by atoms with Gasteiger partial charge in [-0.25, -0.2) is 4.98 Å². The third-order valence-electron chi connectivity index (χ3n) is 2.78. The van der Waals surface area contributed by atoms with Crippen LogP contribution in [-0.4, -0.2) is 10.1 Å². The van der Waals surface area contributed by atoms with Crippen LogP contribution >= 0.6 is 0 Å². The second-order valence-corrected chi connectivity index (χ2v) is 3.96. The van der Waals surface area contributed by atoms with Gasteiger partial charge in [0.1, 0.15) is 17.0 Å². The highest BCUT2D eigenvalue weighted by Crippen LogP contribution is 2.26. The van der Waals surface area contributed by atoms with Crippen molar-refractivity contribution in [3.63, 3.8) is 0 Å². The van der Waals surface area contributed by atoms with Crippen molar-refractivity contribution in [2.24, 2.45) is 0 Å². The Balaban J connectivity index is 2.28. The van der Waals surface area contributed by atoms with Crippen molar-refractivity contribution in [3.8, 4) is 17.0 Å². The molecule has 88 valence electrons. The maximum Gasteiger partial charge on any atom is 0.242 e. The van der Waals surface area contributed by atoms with E-state index < -0.39 is 0 Å². The van der Waals surface area contributed by atoms with Gasteiger partial charge in [-0.1, -0.05) is 24.3 Å². The van der Waals surface area contributed by atoms with Crippen molar-refractivity contribution >= 4 is 11.0 Å². The third kappa shape index (κ3) is 1.64. The number of fused-ring (bicyclic) bond motifs is 1. The second-order valence-electron chi connectivity index (χ2n) is 3.96. The number of aromatic hydroxyl groups is 1. The molecule has 0 saturated heterocycles. The van der Waals surface area contributed by atoms with E-state index in [-0.39, 0.29) is 5.75 Å². The van der Waals surface area contributed by atoms with Gasteiger partial charge in [-0.05, 0) is 18.2 Å². The zero-order valence-electron chi connectivity index (χ0n) is 9.45. The molecule has 3 aromatic rings. The molecule has 1 N–H and O–H groups in total. The van der Waals surface area contributed by atoms with Gasteiger partial charge in [0.2, 0.25) is 11.7 Å². The predicted octanol–water partition coefficient (Wildman–Crippen LogP) is 2.24. The number of rotatable bonds is 1. The van der Waals surface area contributed by atoms with Gasteiger partial charge in [-0.2, -0.15) is 4.73 Å². The molecule has 0 aliphatic heterocycles. The van der Waals surface area contributed by atoms with Gasteiger partial charge in [-0.15, -0.1) is 0 Å². The average molecular weight is 238 g/mol. The summed E-state index contributed by atoms with van der Waals surface area (Å²) in [4.78, 5) is 4.39. The minimum atomic E-state index is 0.111. The predicted molar refractivity (Wildman–Crippen MR) is 67.8 cm³/mol. The van der Waals surface area contributed by atoms with E-state index in [1.165, 1.54) is 6.20 Å². The minimum Gasteiger partial charge on any atom is -0.618 e. The summed E-state index contributed by atoms with van der Waals surface area (Å²) in [6, 6.07) is 13.9. The lowest BCUT2D eigenvalue weighted by molar-refractivity contribution is -0.576. The van der Waals surface area contributed by atoms with Gasteiger partial charge in [0.25, 0.3) is 0 Å². The van der Waals surface area contributed by atoms with Crippen LogP contribution in [0.4, 0.5) is 0 Å². The molecule has 0 saturated carbocycles. The first-order valence-electron chi connectivity index (χ1n) is 5.53. The lowest BCUT2D eigenvalue weighted by atomic mass is 10.1. The Morgan fingerprint density at radius 3 is 2.56 bits per heavy atom. The number of phenolic OH excluding ortho intramolecular Hbond substituents is 1. The summed E-state index contributed by atoms with van der Waals surface area (Å²) in [6.45, 7) is 0. The van der Waals surface area contributed by atoms with E-state index in [0.29, 0.717) is 22.3 Å². The molecule has 18 heavy (non-hydrogen) atoms. The largest absolute Gasteiger partial charge is 0.618 e. The fraction of sp³-hybridized carbons (Fsp3) is 0. The summed E-state index contributed by atoms with van der Waals surface area (Å²) in [7, 11) is 0. The van der Waals surface area contributed by atoms with E-state index in [0.717, 1.165) is 4.73 Å². The van der Waals surface area contributed by atoms with Crippen molar-refractivity contribution in [1.82, 2.24) is 4.98 Å². The highest BCUT2D eigenvalue weighted by Gasteiger charge is 2.12. The molecule has 0 unspecified atom stereocenters. The van der Waals surface area contributed by atoms with E-state index in [1.807, 2.05) is 6.07 Å². The lowest BCUT2D eigenvalue weighted by Crippen LogP contribution is -2.27. The van der Waals surface area contributed by atoms with E-state index >= 15 is 0 Å². The highest BCUT2D eigenvalue weighted by atomic mass is 16.5. The van der Waals surface area contributed by atoms with Gasteiger partial charge < -0.3 is 10.3 Å². The molecule has 1 heterocycles. The summed E-state index contributed by atoms with van der Waals surface area (Å²) in [5, 5.41) is 21.7. The molecule has 0 aliphatic carbocycles. The normalized spacial score (nSPS) is 10.7. The molecule has 0 atom stereocenters. The van der Waals surface area contributed by atoms with Gasteiger partial charge in [0.15, 0.2) is 0 Å². The fourth-order valence-corrected chi connectivity index (χ4v) is 1.90. The van der Waals surface area contributed by atoms with Crippen molar-refractivity contribution < 1.29 is 9.84 Å². The number of aromatic nitrogens is 2. The van der Waals surface area contributed by atoms with Crippen LogP contribution in [0.15, 0.2) is 54.7 Å². The summed E-state index contributed by atoms with van der Waals surface area (Å²) in [5.41, 5.74) is 2.12. The number of nitrogens with zero attached hydrogens (tertiary/aromatic N) is 2. The molecule has 3 rings (SSSR count). The zero-order chi connectivity index (χ0) is 12.5. The van der Waals surface area contributed by atoms with Gasteiger partial charge in [-0.3, -0.25) is 0 Å². The molecular weight excluding hydrogens is 228 g/mol. The van der Waals surface area contributed by atoms with Crippen LogP contribution in [0.1, 0.15) is 0 Å². The molecule has 0 radical (unpaired) electrons. The fourth-order valence-electron chi connectivity index (χ4n) is 1.90. The molecule has 0 bridgehead atoms. The van der Waals surface area contributed by atoms with Gasteiger partial charge in [0, 0.05) is 11.6 Å². The first-order chi connectivity index (χ1) is 8.75. The number of benzene rings is 2. The smallest absolute Gasteiger partial charge is 0.242 e. The summed E-state index contributed by atoms with van der Waals surface area (Å²) in [6.07, 6.45) is 1.37. The standard InChI is InChI=1S/C14H10N2O2/c17-14-8-4-1-5-10(14)12-9-16(18)13-7-3-2-6-11(13)15-12/h1-9,17H. The summed E-state index contributed by atoms with van der Waals surface area (Å²) >= 11 is 0. The zero-order valence-corrected chi connectivity index (χ0v) is 9.45. The maximum atomic E-state index is 11.9. The molecule has 0 aliphatic rings. The Kier molecular flexibility index (Phi) is 2.34. The summed E-state index contributed by atoms with van der Waals surface area (Å²) in [5.74, 6) is 0.111. The van der Waals surface area contributed by atoms with Crippen molar-refractivity contribution in [2.45, 2.75) is 0 Å². The molecule has 0 amide bonds. The molecule has 2 aromatic carbocycles. The van der Waals surface area contributed by atoms with Crippen LogP contribution in [0.2, 0.25) is 0 Å². The van der Waals surface area contributed by atoms with Gasteiger partial charge >= 0.3 is 0 Å². The Labute approximate surface area is 103 Å². The molecule has 4 nitrogen and oxygen atoms in total. The van der Waals surface area contributed by atoms with Crippen LogP contribution in [0.5, 0.6) is 5.75 Å². The highest BCUT2D eigenvalue weighted by molar-refractivity contribution is 5.75. The van der Waals surface area contributed by atoms with E-state index in [1.54, 1.807) is 42.5 Å². The Morgan fingerprint density at radius 2 is 1.72 bits per heavy atom. The molecule has 4 heteroatoms. The maximum absolute atomic E-state index is 11.9. The minimum absolute atomic E-state index is 0.111. The number of hydrogen-bond acceptors (Lipinski definition) is 3. The van der Waals surface area contributed by atoms with Crippen LogP contribution in [0.25, 0.3) is 22.3 Å².